The van der Waals surface area contributed by atoms with Crippen molar-refractivity contribution in [2.45, 2.75) is 17.9 Å². The van der Waals surface area contributed by atoms with E-state index in [0.717, 1.165) is 30.6 Å². The quantitative estimate of drug-likeness (QED) is 0.852. The molecule has 2 aliphatic heterocycles. The van der Waals surface area contributed by atoms with Gasteiger partial charge in [0, 0.05) is 12.6 Å². The fourth-order valence-corrected chi connectivity index (χ4v) is 4.13. The summed E-state index contributed by atoms with van der Waals surface area (Å²) in [6.07, 6.45) is 0.801. The SMILES string of the molecule is Cl.O=S(=O)(Nc1cccc2c1CCNC2)c1ccc2c(c1)OCCO2. The Morgan fingerprint density at radius 1 is 1.04 bits per heavy atom. The Labute approximate surface area is 153 Å². The molecule has 2 aromatic carbocycles. The van der Waals surface area contributed by atoms with Gasteiger partial charge in [-0.15, -0.1) is 12.4 Å². The van der Waals surface area contributed by atoms with E-state index in [4.69, 9.17) is 9.47 Å². The van der Waals surface area contributed by atoms with Gasteiger partial charge in [-0.25, -0.2) is 8.42 Å². The predicted molar refractivity (Wildman–Crippen MR) is 97.3 cm³/mol. The number of nitrogens with one attached hydrogen (secondary N) is 2. The zero-order valence-electron chi connectivity index (χ0n) is 13.4. The lowest BCUT2D eigenvalue weighted by molar-refractivity contribution is 0.171. The third kappa shape index (κ3) is 3.53. The molecule has 2 N–H and O–H groups in total. The summed E-state index contributed by atoms with van der Waals surface area (Å²) < 4.78 is 39.1. The molecule has 0 saturated heterocycles. The second kappa shape index (κ2) is 7.11. The number of rotatable bonds is 3. The summed E-state index contributed by atoms with van der Waals surface area (Å²) in [5, 5.41) is 3.29. The van der Waals surface area contributed by atoms with Crippen LogP contribution in [0.1, 0.15) is 11.1 Å². The minimum atomic E-state index is -3.69. The van der Waals surface area contributed by atoms with E-state index in [1.54, 1.807) is 12.1 Å². The van der Waals surface area contributed by atoms with Crippen LogP contribution in [0, 0.1) is 0 Å². The summed E-state index contributed by atoms with van der Waals surface area (Å²) in [5.74, 6) is 1.03. The normalized spacial score (nSPS) is 15.7. The molecule has 0 aliphatic carbocycles. The lowest BCUT2D eigenvalue weighted by Crippen LogP contribution is -2.25. The van der Waals surface area contributed by atoms with Crippen LogP contribution in [0.2, 0.25) is 0 Å². The second-order valence-corrected chi connectivity index (χ2v) is 7.46. The molecule has 4 rings (SSSR count). The zero-order chi connectivity index (χ0) is 16.6. The van der Waals surface area contributed by atoms with Crippen LogP contribution in [0.25, 0.3) is 0 Å². The number of anilines is 1. The third-order valence-electron chi connectivity index (χ3n) is 4.21. The minimum absolute atomic E-state index is 0. The molecule has 0 amide bonds. The fraction of sp³-hybridized carbons (Fsp3) is 0.294. The topological polar surface area (TPSA) is 76.7 Å². The van der Waals surface area contributed by atoms with Crippen molar-refractivity contribution >= 4 is 28.1 Å². The smallest absolute Gasteiger partial charge is 0.262 e. The number of hydrogen-bond acceptors (Lipinski definition) is 5. The molecule has 0 spiro atoms. The lowest BCUT2D eigenvalue weighted by Gasteiger charge is -2.22. The first-order chi connectivity index (χ1) is 11.6. The summed E-state index contributed by atoms with van der Waals surface area (Å²) in [6, 6.07) is 10.4. The maximum absolute atomic E-state index is 12.8. The average Bonchev–Trinajstić information content (AvgIpc) is 2.61. The Morgan fingerprint density at radius 2 is 1.84 bits per heavy atom. The summed E-state index contributed by atoms with van der Waals surface area (Å²) >= 11 is 0. The number of ether oxygens (including phenoxy) is 2. The first kappa shape index (κ1) is 17.8. The Bertz CT molecular complexity index is 886. The molecule has 0 fully saturated rings. The fourth-order valence-electron chi connectivity index (χ4n) is 3.02. The Morgan fingerprint density at radius 3 is 2.68 bits per heavy atom. The van der Waals surface area contributed by atoms with Gasteiger partial charge in [0.15, 0.2) is 11.5 Å². The molecule has 6 nitrogen and oxygen atoms in total. The maximum Gasteiger partial charge on any atom is 0.262 e. The molecule has 25 heavy (non-hydrogen) atoms. The van der Waals surface area contributed by atoms with Gasteiger partial charge in [0.05, 0.1) is 10.6 Å². The molecule has 0 unspecified atom stereocenters. The van der Waals surface area contributed by atoms with Gasteiger partial charge in [0.2, 0.25) is 0 Å². The van der Waals surface area contributed by atoms with Gasteiger partial charge < -0.3 is 14.8 Å². The highest BCUT2D eigenvalue weighted by atomic mass is 35.5. The predicted octanol–water partition coefficient (Wildman–Crippen LogP) is 2.33. The number of fused-ring (bicyclic) bond motifs is 2. The van der Waals surface area contributed by atoms with Gasteiger partial charge >= 0.3 is 0 Å². The highest BCUT2D eigenvalue weighted by Gasteiger charge is 2.21. The van der Waals surface area contributed by atoms with Crippen LogP contribution in [-0.2, 0) is 23.0 Å². The van der Waals surface area contributed by atoms with E-state index < -0.39 is 10.0 Å². The van der Waals surface area contributed by atoms with Gasteiger partial charge in [-0.1, -0.05) is 12.1 Å². The van der Waals surface area contributed by atoms with Crippen LogP contribution in [0.5, 0.6) is 11.5 Å². The third-order valence-corrected chi connectivity index (χ3v) is 5.57. The molecule has 2 aliphatic rings. The van der Waals surface area contributed by atoms with Crippen molar-refractivity contribution in [2.75, 3.05) is 24.5 Å². The number of sulfonamides is 1. The molecule has 0 bridgehead atoms. The monoisotopic (exact) mass is 382 g/mol. The van der Waals surface area contributed by atoms with E-state index in [2.05, 4.69) is 10.0 Å². The lowest BCUT2D eigenvalue weighted by atomic mass is 9.99. The largest absolute Gasteiger partial charge is 0.486 e. The Balaban J connectivity index is 0.00000182. The highest BCUT2D eigenvalue weighted by molar-refractivity contribution is 7.92. The summed E-state index contributed by atoms with van der Waals surface area (Å²) in [4.78, 5) is 0.165. The molecule has 2 heterocycles. The number of halogens is 1. The molecular weight excluding hydrogens is 364 g/mol. The molecule has 0 atom stereocenters. The summed E-state index contributed by atoms with van der Waals surface area (Å²) in [5.41, 5.74) is 2.82. The Hall–Kier alpha value is -1.96. The van der Waals surface area contributed by atoms with Gasteiger partial charge in [0.1, 0.15) is 13.2 Å². The van der Waals surface area contributed by atoms with Crippen molar-refractivity contribution in [1.29, 1.82) is 0 Å². The van der Waals surface area contributed by atoms with Crippen molar-refractivity contribution < 1.29 is 17.9 Å². The Kier molecular flexibility index (Phi) is 5.08. The van der Waals surface area contributed by atoms with E-state index in [9.17, 15) is 8.42 Å². The molecule has 0 aromatic heterocycles. The molecule has 134 valence electrons. The first-order valence-corrected chi connectivity index (χ1v) is 9.36. The number of hydrogen-bond donors (Lipinski definition) is 2. The highest BCUT2D eigenvalue weighted by Crippen LogP contribution is 2.33. The van der Waals surface area contributed by atoms with Crippen molar-refractivity contribution in [2.24, 2.45) is 0 Å². The van der Waals surface area contributed by atoms with Crippen LogP contribution >= 0.6 is 12.4 Å². The van der Waals surface area contributed by atoms with E-state index in [1.165, 1.54) is 12.1 Å². The van der Waals surface area contributed by atoms with Crippen LogP contribution in [0.15, 0.2) is 41.3 Å². The van der Waals surface area contributed by atoms with Crippen LogP contribution < -0.4 is 19.5 Å². The van der Waals surface area contributed by atoms with Gasteiger partial charge in [-0.3, -0.25) is 4.72 Å². The molecular formula is C17H19ClN2O4S. The summed E-state index contributed by atoms with van der Waals surface area (Å²) in [6.45, 7) is 2.50. The van der Waals surface area contributed by atoms with E-state index >= 15 is 0 Å². The molecule has 0 radical (unpaired) electrons. The van der Waals surface area contributed by atoms with Crippen LogP contribution in [0.3, 0.4) is 0 Å². The van der Waals surface area contributed by atoms with E-state index in [1.807, 2.05) is 12.1 Å². The van der Waals surface area contributed by atoms with E-state index in [0.29, 0.717) is 30.4 Å². The van der Waals surface area contributed by atoms with Crippen LogP contribution in [0.4, 0.5) is 5.69 Å². The molecule has 8 heteroatoms. The van der Waals surface area contributed by atoms with Crippen molar-refractivity contribution in [3.05, 3.63) is 47.5 Å². The minimum Gasteiger partial charge on any atom is -0.486 e. The zero-order valence-corrected chi connectivity index (χ0v) is 15.1. The summed E-state index contributed by atoms with van der Waals surface area (Å²) in [7, 11) is -3.69. The maximum atomic E-state index is 12.8. The van der Waals surface area contributed by atoms with Crippen molar-refractivity contribution in [3.8, 4) is 11.5 Å². The van der Waals surface area contributed by atoms with Crippen molar-refractivity contribution in [3.63, 3.8) is 0 Å². The standard InChI is InChI=1S/C17H18N2O4S.ClH/c20-24(21,13-4-5-16-17(10-13)23-9-8-22-16)19-15-3-1-2-12-11-18-7-6-14(12)15;/h1-5,10,18-19H,6-9,11H2;1H. The van der Waals surface area contributed by atoms with Gasteiger partial charge in [-0.05, 0) is 42.3 Å². The average molecular weight is 383 g/mol. The van der Waals surface area contributed by atoms with E-state index in [-0.39, 0.29) is 17.3 Å². The van der Waals surface area contributed by atoms with Crippen molar-refractivity contribution in [1.82, 2.24) is 5.32 Å². The van der Waals surface area contributed by atoms with Crippen LogP contribution in [-0.4, -0.2) is 28.2 Å². The number of benzene rings is 2. The van der Waals surface area contributed by atoms with Gasteiger partial charge in [0.25, 0.3) is 10.0 Å². The molecule has 0 saturated carbocycles. The van der Waals surface area contributed by atoms with Gasteiger partial charge in [-0.2, -0.15) is 0 Å². The molecule has 2 aromatic rings. The second-order valence-electron chi connectivity index (χ2n) is 5.78. The first-order valence-electron chi connectivity index (χ1n) is 7.87.